The van der Waals surface area contributed by atoms with Gasteiger partial charge in [0, 0.05) is 18.7 Å². The van der Waals surface area contributed by atoms with Gasteiger partial charge in [0.1, 0.15) is 5.75 Å². The minimum Gasteiger partial charge on any atom is -0.497 e. The Kier molecular flexibility index (Phi) is 4.68. The molecule has 0 radical (unpaired) electrons. The Bertz CT molecular complexity index is 590. The van der Waals surface area contributed by atoms with Gasteiger partial charge < -0.3 is 9.84 Å². The second-order valence-electron chi connectivity index (χ2n) is 5.73. The maximum atomic E-state index is 10.8. The fourth-order valence-electron chi connectivity index (χ4n) is 2.32. The molecule has 4 heteroatoms. The Morgan fingerprint density at radius 2 is 2.14 bits per heavy atom. The van der Waals surface area contributed by atoms with Crippen molar-refractivity contribution < 1.29 is 9.84 Å². The summed E-state index contributed by atoms with van der Waals surface area (Å²) in [6, 6.07) is 9.89. The van der Waals surface area contributed by atoms with E-state index in [1.165, 1.54) is 0 Å². The summed E-state index contributed by atoms with van der Waals surface area (Å²) in [5.74, 6) is 0.748. The summed E-state index contributed by atoms with van der Waals surface area (Å²) in [7, 11) is 1.63. The average molecular weight is 288 g/mol. The first-order chi connectivity index (χ1) is 9.96. The molecule has 2 unspecified atom stereocenters. The zero-order valence-electron chi connectivity index (χ0n) is 13.2. The maximum absolute atomic E-state index is 10.8. The Hall–Kier alpha value is -1.81. The van der Waals surface area contributed by atoms with E-state index in [1.807, 2.05) is 48.1 Å². The molecular formula is C17H24N2O2. The summed E-state index contributed by atoms with van der Waals surface area (Å²) in [5.41, 5.74) is 0.756. The highest BCUT2D eigenvalue weighted by molar-refractivity contribution is 5.32. The van der Waals surface area contributed by atoms with Crippen molar-refractivity contribution in [2.45, 2.75) is 45.3 Å². The Morgan fingerprint density at radius 3 is 2.81 bits per heavy atom. The molecule has 0 saturated heterocycles. The molecule has 1 aromatic heterocycles. The molecule has 1 aromatic carbocycles. The molecule has 4 nitrogen and oxygen atoms in total. The molecule has 0 aliphatic heterocycles. The van der Waals surface area contributed by atoms with Gasteiger partial charge in [-0.25, -0.2) is 0 Å². The quantitative estimate of drug-likeness (QED) is 0.887. The van der Waals surface area contributed by atoms with Crippen LogP contribution in [0.1, 0.15) is 44.5 Å². The van der Waals surface area contributed by atoms with Gasteiger partial charge in [0.15, 0.2) is 0 Å². The molecule has 1 heterocycles. The van der Waals surface area contributed by atoms with Crippen LogP contribution in [0.25, 0.3) is 0 Å². The third-order valence-corrected chi connectivity index (χ3v) is 3.92. The van der Waals surface area contributed by atoms with E-state index in [-0.39, 0.29) is 0 Å². The van der Waals surface area contributed by atoms with Crippen molar-refractivity contribution in [3.05, 3.63) is 47.8 Å². The monoisotopic (exact) mass is 288 g/mol. The zero-order valence-corrected chi connectivity index (χ0v) is 13.2. The van der Waals surface area contributed by atoms with E-state index in [2.05, 4.69) is 18.9 Å². The molecule has 0 saturated carbocycles. The van der Waals surface area contributed by atoms with Crippen molar-refractivity contribution in [3.63, 3.8) is 0 Å². The topological polar surface area (TPSA) is 47.3 Å². The van der Waals surface area contributed by atoms with Gasteiger partial charge in [-0.05, 0) is 44.0 Å². The van der Waals surface area contributed by atoms with Crippen LogP contribution < -0.4 is 4.74 Å². The minimum absolute atomic E-state index is 0.375. The van der Waals surface area contributed by atoms with Crippen molar-refractivity contribution in [1.29, 1.82) is 0 Å². The zero-order chi connectivity index (χ0) is 15.5. The lowest BCUT2D eigenvalue weighted by molar-refractivity contribution is 0.0561. The van der Waals surface area contributed by atoms with Gasteiger partial charge >= 0.3 is 0 Å². The first-order valence-electron chi connectivity index (χ1n) is 7.37. The lowest BCUT2D eigenvalue weighted by atomic mass is 9.91. The van der Waals surface area contributed by atoms with Crippen LogP contribution in [0.15, 0.2) is 36.5 Å². The number of aromatic nitrogens is 2. The summed E-state index contributed by atoms with van der Waals surface area (Å²) >= 11 is 0. The SMILES string of the molecule is CCC(C)n1ccc(CC(C)(O)c2cccc(OC)c2)n1. The van der Waals surface area contributed by atoms with Gasteiger partial charge in [0.05, 0.1) is 18.4 Å². The number of ether oxygens (including phenoxy) is 1. The molecule has 0 fully saturated rings. The molecule has 2 aromatic rings. The number of aliphatic hydroxyl groups is 1. The number of benzene rings is 1. The van der Waals surface area contributed by atoms with E-state index in [4.69, 9.17) is 4.74 Å². The Labute approximate surface area is 126 Å². The molecule has 21 heavy (non-hydrogen) atoms. The minimum atomic E-state index is -0.969. The van der Waals surface area contributed by atoms with E-state index >= 15 is 0 Å². The lowest BCUT2D eigenvalue weighted by Gasteiger charge is -2.23. The Morgan fingerprint density at radius 1 is 1.38 bits per heavy atom. The standard InChI is InChI=1S/C17H24N2O2/c1-5-13(2)19-10-9-15(18-19)12-17(3,20)14-7-6-8-16(11-14)21-4/h6-11,13,20H,5,12H2,1-4H3. The number of methoxy groups -OCH3 is 1. The molecular weight excluding hydrogens is 264 g/mol. The molecule has 114 valence electrons. The van der Waals surface area contributed by atoms with Crippen molar-refractivity contribution in [2.24, 2.45) is 0 Å². The van der Waals surface area contributed by atoms with Crippen LogP contribution in [0, 0.1) is 0 Å². The average Bonchev–Trinajstić information content (AvgIpc) is 2.94. The number of hydrogen-bond donors (Lipinski definition) is 1. The van der Waals surface area contributed by atoms with Gasteiger partial charge in [0.25, 0.3) is 0 Å². The lowest BCUT2D eigenvalue weighted by Crippen LogP contribution is -2.24. The van der Waals surface area contributed by atoms with Crippen LogP contribution in [0.2, 0.25) is 0 Å². The number of hydrogen-bond acceptors (Lipinski definition) is 3. The largest absolute Gasteiger partial charge is 0.497 e. The smallest absolute Gasteiger partial charge is 0.119 e. The molecule has 0 bridgehead atoms. The molecule has 2 atom stereocenters. The first kappa shape index (κ1) is 15.6. The summed E-state index contributed by atoms with van der Waals surface area (Å²) in [4.78, 5) is 0. The van der Waals surface area contributed by atoms with Crippen LogP contribution in [0.3, 0.4) is 0 Å². The third-order valence-electron chi connectivity index (χ3n) is 3.92. The van der Waals surface area contributed by atoms with E-state index in [1.54, 1.807) is 7.11 Å². The predicted octanol–water partition coefficient (Wildman–Crippen LogP) is 3.31. The number of nitrogens with zero attached hydrogens (tertiary/aromatic N) is 2. The summed E-state index contributed by atoms with van der Waals surface area (Å²) in [5, 5.41) is 15.3. The first-order valence-corrected chi connectivity index (χ1v) is 7.37. The second kappa shape index (κ2) is 6.31. The highest BCUT2D eigenvalue weighted by Crippen LogP contribution is 2.27. The van der Waals surface area contributed by atoms with Gasteiger partial charge in [-0.1, -0.05) is 19.1 Å². The van der Waals surface area contributed by atoms with E-state index < -0.39 is 5.60 Å². The summed E-state index contributed by atoms with van der Waals surface area (Å²) in [6.07, 6.45) is 3.49. The van der Waals surface area contributed by atoms with Crippen LogP contribution in [-0.2, 0) is 12.0 Å². The normalized spacial score (nSPS) is 15.5. The second-order valence-corrected chi connectivity index (χ2v) is 5.73. The van der Waals surface area contributed by atoms with Crippen molar-refractivity contribution >= 4 is 0 Å². The van der Waals surface area contributed by atoms with Crippen LogP contribution in [0.5, 0.6) is 5.75 Å². The highest BCUT2D eigenvalue weighted by atomic mass is 16.5. The van der Waals surface area contributed by atoms with Crippen LogP contribution in [0.4, 0.5) is 0 Å². The molecule has 0 aliphatic carbocycles. The summed E-state index contributed by atoms with van der Waals surface area (Å²) < 4.78 is 7.17. The maximum Gasteiger partial charge on any atom is 0.119 e. The van der Waals surface area contributed by atoms with Gasteiger partial charge in [-0.2, -0.15) is 5.10 Å². The van der Waals surface area contributed by atoms with Gasteiger partial charge in [0.2, 0.25) is 0 Å². The fraction of sp³-hybridized carbons (Fsp3) is 0.471. The van der Waals surface area contributed by atoms with Crippen molar-refractivity contribution in [1.82, 2.24) is 9.78 Å². The summed E-state index contributed by atoms with van der Waals surface area (Å²) in [6.45, 7) is 6.08. The van der Waals surface area contributed by atoms with Crippen LogP contribution in [-0.4, -0.2) is 22.0 Å². The van der Waals surface area contributed by atoms with E-state index in [0.717, 1.165) is 23.4 Å². The van der Waals surface area contributed by atoms with Gasteiger partial charge in [-0.3, -0.25) is 4.68 Å². The third kappa shape index (κ3) is 3.64. The molecule has 0 amide bonds. The van der Waals surface area contributed by atoms with E-state index in [0.29, 0.717) is 12.5 Å². The molecule has 1 N–H and O–H groups in total. The van der Waals surface area contributed by atoms with Crippen LogP contribution >= 0.6 is 0 Å². The fourth-order valence-corrected chi connectivity index (χ4v) is 2.32. The Balaban J connectivity index is 2.18. The number of rotatable bonds is 6. The predicted molar refractivity (Wildman–Crippen MR) is 83.5 cm³/mol. The van der Waals surface area contributed by atoms with Gasteiger partial charge in [-0.15, -0.1) is 0 Å². The molecule has 0 spiro atoms. The van der Waals surface area contributed by atoms with Crippen molar-refractivity contribution in [2.75, 3.05) is 7.11 Å². The molecule has 2 rings (SSSR count). The highest BCUT2D eigenvalue weighted by Gasteiger charge is 2.25. The van der Waals surface area contributed by atoms with E-state index in [9.17, 15) is 5.11 Å². The molecule has 0 aliphatic rings. The van der Waals surface area contributed by atoms with Crippen molar-refractivity contribution in [3.8, 4) is 5.75 Å².